The van der Waals surface area contributed by atoms with Crippen LogP contribution in [-0.2, 0) is 17.8 Å². The highest BCUT2D eigenvalue weighted by atomic mass is 32.1. The van der Waals surface area contributed by atoms with Gasteiger partial charge in [-0.3, -0.25) is 4.79 Å². The fourth-order valence-corrected chi connectivity index (χ4v) is 4.55. The molecule has 5 rings (SSSR count). The molecule has 0 saturated heterocycles. The Balaban J connectivity index is 1.35. The first-order chi connectivity index (χ1) is 14.2. The smallest absolute Gasteiger partial charge is 0.233 e. The second kappa shape index (κ2) is 7.50. The number of hydrogen-bond donors (Lipinski definition) is 0. The molecule has 148 valence electrons. The van der Waals surface area contributed by atoms with Gasteiger partial charge in [0.25, 0.3) is 0 Å². The number of benzene rings is 2. The van der Waals surface area contributed by atoms with Gasteiger partial charge in [0, 0.05) is 36.3 Å². The van der Waals surface area contributed by atoms with Crippen LogP contribution in [-0.4, -0.2) is 42.7 Å². The Bertz CT molecular complexity index is 1060. The molecule has 29 heavy (non-hydrogen) atoms. The van der Waals surface area contributed by atoms with E-state index < -0.39 is 0 Å². The van der Waals surface area contributed by atoms with E-state index in [-0.39, 0.29) is 12.7 Å². The summed E-state index contributed by atoms with van der Waals surface area (Å²) in [5.74, 6) is 1.57. The number of fused-ring (bicyclic) bond motifs is 2. The Morgan fingerprint density at radius 2 is 2.00 bits per heavy atom. The second-order valence-corrected chi connectivity index (χ2v) is 8.16. The van der Waals surface area contributed by atoms with E-state index in [1.807, 2.05) is 46.7 Å². The van der Waals surface area contributed by atoms with Gasteiger partial charge in [-0.15, -0.1) is 11.3 Å². The third-order valence-electron chi connectivity index (χ3n) is 5.23. The van der Waals surface area contributed by atoms with Crippen LogP contribution in [0.25, 0.3) is 10.6 Å². The SMILES string of the molecule is CN1CCN(C(=O)Cc2csc(-c3ccc4c(c3)OCO4)n2)c2ccccc2C1. The lowest BCUT2D eigenvalue weighted by molar-refractivity contribution is -0.118. The molecule has 2 aliphatic heterocycles. The first-order valence-corrected chi connectivity index (χ1v) is 10.5. The molecule has 0 spiro atoms. The second-order valence-electron chi connectivity index (χ2n) is 7.30. The molecular weight excluding hydrogens is 386 g/mol. The lowest BCUT2D eigenvalue weighted by Gasteiger charge is -2.22. The molecular formula is C22H21N3O3S. The number of anilines is 1. The summed E-state index contributed by atoms with van der Waals surface area (Å²) in [6, 6.07) is 14.0. The average molecular weight is 407 g/mol. The molecule has 2 aromatic carbocycles. The number of likely N-dealkylation sites (N-methyl/N-ethyl adjacent to an activating group) is 1. The number of thiazole rings is 1. The lowest BCUT2D eigenvalue weighted by atomic mass is 10.1. The highest BCUT2D eigenvalue weighted by Crippen LogP contribution is 2.36. The Morgan fingerprint density at radius 3 is 2.93 bits per heavy atom. The predicted molar refractivity (Wildman–Crippen MR) is 113 cm³/mol. The van der Waals surface area contributed by atoms with Crippen LogP contribution in [0.3, 0.4) is 0 Å². The van der Waals surface area contributed by atoms with E-state index in [1.54, 1.807) is 11.3 Å². The summed E-state index contributed by atoms with van der Waals surface area (Å²) >= 11 is 1.54. The zero-order valence-electron chi connectivity index (χ0n) is 16.1. The number of ether oxygens (including phenoxy) is 2. The third-order valence-corrected chi connectivity index (χ3v) is 6.17. The highest BCUT2D eigenvalue weighted by Gasteiger charge is 2.23. The van der Waals surface area contributed by atoms with Crippen molar-refractivity contribution in [3.8, 4) is 22.1 Å². The van der Waals surface area contributed by atoms with Crippen molar-refractivity contribution >= 4 is 22.9 Å². The molecule has 0 unspecified atom stereocenters. The molecule has 0 fully saturated rings. The number of carbonyl (C=O) groups is 1. The summed E-state index contributed by atoms with van der Waals surface area (Å²) in [5, 5.41) is 2.84. The molecule has 0 atom stereocenters. The van der Waals surface area contributed by atoms with Crippen LogP contribution in [0.1, 0.15) is 11.3 Å². The minimum atomic E-state index is 0.0790. The number of nitrogens with zero attached hydrogens (tertiary/aromatic N) is 3. The molecule has 1 amide bonds. The molecule has 6 nitrogen and oxygen atoms in total. The molecule has 3 aromatic rings. The van der Waals surface area contributed by atoms with Crippen molar-refractivity contribution in [2.75, 3.05) is 31.8 Å². The summed E-state index contributed by atoms with van der Waals surface area (Å²) in [7, 11) is 2.09. The van der Waals surface area contributed by atoms with E-state index in [2.05, 4.69) is 18.0 Å². The van der Waals surface area contributed by atoms with E-state index in [4.69, 9.17) is 14.5 Å². The molecule has 7 heteroatoms. The molecule has 3 heterocycles. The van der Waals surface area contributed by atoms with Gasteiger partial charge < -0.3 is 19.3 Å². The fourth-order valence-electron chi connectivity index (χ4n) is 3.73. The Kier molecular flexibility index (Phi) is 4.69. The highest BCUT2D eigenvalue weighted by molar-refractivity contribution is 7.13. The van der Waals surface area contributed by atoms with Crippen LogP contribution in [0.15, 0.2) is 47.8 Å². The van der Waals surface area contributed by atoms with Crippen molar-refractivity contribution in [2.24, 2.45) is 0 Å². The summed E-state index contributed by atoms with van der Waals surface area (Å²) in [4.78, 5) is 22.0. The minimum absolute atomic E-state index is 0.0790. The van der Waals surface area contributed by atoms with Gasteiger partial charge in [-0.05, 0) is 36.9 Å². The molecule has 0 bridgehead atoms. The molecule has 2 aliphatic rings. The van der Waals surface area contributed by atoms with Crippen molar-refractivity contribution in [3.63, 3.8) is 0 Å². The molecule has 0 aliphatic carbocycles. The van der Waals surface area contributed by atoms with Gasteiger partial charge in [0.15, 0.2) is 11.5 Å². The minimum Gasteiger partial charge on any atom is -0.454 e. The number of hydrogen-bond acceptors (Lipinski definition) is 6. The van der Waals surface area contributed by atoms with E-state index in [9.17, 15) is 4.79 Å². The summed E-state index contributed by atoms with van der Waals surface area (Å²) in [6.45, 7) is 2.64. The largest absolute Gasteiger partial charge is 0.454 e. The van der Waals surface area contributed by atoms with Gasteiger partial charge in [0.05, 0.1) is 12.1 Å². The third kappa shape index (κ3) is 3.59. The van der Waals surface area contributed by atoms with Crippen LogP contribution in [0.5, 0.6) is 11.5 Å². The zero-order valence-corrected chi connectivity index (χ0v) is 16.9. The molecule has 0 N–H and O–H groups in total. The zero-order chi connectivity index (χ0) is 19.8. The average Bonchev–Trinajstić information content (AvgIpc) is 3.34. The van der Waals surface area contributed by atoms with Gasteiger partial charge >= 0.3 is 0 Å². The number of amides is 1. The topological polar surface area (TPSA) is 54.9 Å². The van der Waals surface area contributed by atoms with E-state index in [0.717, 1.165) is 46.5 Å². The predicted octanol–water partition coefficient (Wildman–Crippen LogP) is 3.56. The van der Waals surface area contributed by atoms with Crippen LogP contribution >= 0.6 is 11.3 Å². The van der Waals surface area contributed by atoms with Crippen LogP contribution < -0.4 is 14.4 Å². The van der Waals surface area contributed by atoms with Crippen molar-refractivity contribution in [1.82, 2.24) is 9.88 Å². The molecule has 0 radical (unpaired) electrons. The molecule has 1 aromatic heterocycles. The maximum atomic E-state index is 13.1. The number of carbonyl (C=O) groups excluding carboxylic acids is 1. The van der Waals surface area contributed by atoms with Crippen molar-refractivity contribution in [3.05, 3.63) is 59.1 Å². The van der Waals surface area contributed by atoms with Crippen molar-refractivity contribution in [1.29, 1.82) is 0 Å². The fraction of sp³-hybridized carbons (Fsp3) is 0.273. The maximum absolute atomic E-state index is 13.1. The van der Waals surface area contributed by atoms with Crippen LogP contribution in [0, 0.1) is 0 Å². The Morgan fingerprint density at radius 1 is 1.14 bits per heavy atom. The first-order valence-electron chi connectivity index (χ1n) is 9.58. The Hall–Kier alpha value is -2.90. The van der Waals surface area contributed by atoms with Crippen LogP contribution in [0.2, 0.25) is 0 Å². The van der Waals surface area contributed by atoms with Gasteiger partial charge in [-0.1, -0.05) is 18.2 Å². The first kappa shape index (κ1) is 18.1. The summed E-state index contributed by atoms with van der Waals surface area (Å²) < 4.78 is 10.8. The molecule has 0 saturated carbocycles. The standard InChI is InChI=1S/C22H21N3O3S/c1-24-8-9-25(18-5-3-2-4-16(18)12-24)21(26)11-17-13-29-22(23-17)15-6-7-19-20(10-15)28-14-27-19/h2-7,10,13H,8-9,11-12,14H2,1H3. The van der Waals surface area contributed by atoms with Crippen molar-refractivity contribution in [2.45, 2.75) is 13.0 Å². The number of aromatic nitrogens is 1. The van der Waals surface area contributed by atoms with E-state index >= 15 is 0 Å². The monoisotopic (exact) mass is 407 g/mol. The quantitative estimate of drug-likeness (QED) is 0.665. The van der Waals surface area contributed by atoms with Gasteiger partial charge in [-0.25, -0.2) is 4.98 Å². The lowest BCUT2D eigenvalue weighted by Crippen LogP contribution is -2.36. The van der Waals surface area contributed by atoms with Gasteiger partial charge in [0.2, 0.25) is 12.7 Å². The normalized spacial score (nSPS) is 15.8. The van der Waals surface area contributed by atoms with Crippen molar-refractivity contribution < 1.29 is 14.3 Å². The Labute approximate surface area is 173 Å². The van der Waals surface area contributed by atoms with Crippen LogP contribution in [0.4, 0.5) is 5.69 Å². The van der Waals surface area contributed by atoms with Gasteiger partial charge in [0.1, 0.15) is 5.01 Å². The number of para-hydroxylation sites is 1. The maximum Gasteiger partial charge on any atom is 0.233 e. The number of rotatable bonds is 3. The van der Waals surface area contributed by atoms with E-state index in [1.165, 1.54) is 5.56 Å². The summed E-state index contributed by atoms with van der Waals surface area (Å²) in [6.07, 6.45) is 0.291. The summed E-state index contributed by atoms with van der Waals surface area (Å²) in [5.41, 5.74) is 3.95. The van der Waals surface area contributed by atoms with Gasteiger partial charge in [-0.2, -0.15) is 0 Å². The van der Waals surface area contributed by atoms with E-state index in [0.29, 0.717) is 13.0 Å².